The van der Waals surface area contributed by atoms with E-state index in [9.17, 15) is 0 Å². The van der Waals surface area contributed by atoms with Crippen molar-refractivity contribution >= 4 is 0 Å². The quantitative estimate of drug-likeness (QED) is 0.729. The summed E-state index contributed by atoms with van der Waals surface area (Å²) in [6, 6.07) is 0.826. The molecule has 2 rings (SSSR count). The molecular formula is C14H27N. The van der Waals surface area contributed by atoms with Crippen LogP contribution in [0.15, 0.2) is 0 Å². The van der Waals surface area contributed by atoms with Crippen molar-refractivity contribution in [3.63, 3.8) is 0 Å². The van der Waals surface area contributed by atoms with Crippen molar-refractivity contribution in [3.8, 4) is 0 Å². The van der Waals surface area contributed by atoms with Gasteiger partial charge in [0.2, 0.25) is 0 Å². The lowest BCUT2D eigenvalue weighted by molar-refractivity contribution is 0.203. The molecule has 2 aliphatic carbocycles. The Morgan fingerprint density at radius 3 is 2.53 bits per heavy atom. The molecule has 0 amide bonds. The normalized spacial score (nSPS) is 34.0. The average Bonchev–Trinajstić information content (AvgIpc) is 3.10. The zero-order valence-electron chi connectivity index (χ0n) is 10.5. The van der Waals surface area contributed by atoms with Gasteiger partial charge in [0.25, 0.3) is 0 Å². The fourth-order valence-electron chi connectivity index (χ4n) is 3.33. The summed E-state index contributed by atoms with van der Waals surface area (Å²) in [7, 11) is 2.17. The van der Waals surface area contributed by atoms with E-state index in [4.69, 9.17) is 0 Å². The van der Waals surface area contributed by atoms with Gasteiger partial charge in [-0.3, -0.25) is 0 Å². The predicted molar refractivity (Wildman–Crippen MR) is 65.9 cm³/mol. The third kappa shape index (κ3) is 3.21. The fraction of sp³-hybridized carbons (Fsp3) is 1.00. The molecule has 0 spiro atoms. The topological polar surface area (TPSA) is 12.0 Å². The summed E-state index contributed by atoms with van der Waals surface area (Å²) < 4.78 is 0. The summed E-state index contributed by atoms with van der Waals surface area (Å²) in [4.78, 5) is 0. The number of hydrogen-bond donors (Lipinski definition) is 1. The van der Waals surface area contributed by atoms with Gasteiger partial charge in [0.1, 0.15) is 0 Å². The second-order valence-electron chi connectivity index (χ2n) is 5.78. The minimum Gasteiger partial charge on any atom is -0.317 e. The molecule has 0 radical (unpaired) electrons. The fourth-order valence-corrected chi connectivity index (χ4v) is 3.33. The first kappa shape index (κ1) is 11.4. The van der Waals surface area contributed by atoms with Crippen molar-refractivity contribution in [1.82, 2.24) is 5.32 Å². The van der Waals surface area contributed by atoms with Crippen molar-refractivity contribution in [2.24, 2.45) is 17.8 Å². The maximum absolute atomic E-state index is 3.59. The highest BCUT2D eigenvalue weighted by atomic mass is 14.9. The van der Waals surface area contributed by atoms with Crippen molar-refractivity contribution in [1.29, 1.82) is 0 Å². The zero-order chi connectivity index (χ0) is 10.7. The second kappa shape index (κ2) is 5.34. The lowest BCUT2D eigenvalue weighted by Crippen LogP contribution is -2.36. The Balaban J connectivity index is 1.82. The van der Waals surface area contributed by atoms with Gasteiger partial charge in [-0.15, -0.1) is 0 Å². The Hall–Kier alpha value is -0.0400. The number of hydrogen-bond acceptors (Lipinski definition) is 1. The van der Waals surface area contributed by atoms with Crippen LogP contribution in [0.2, 0.25) is 0 Å². The molecule has 88 valence electrons. The van der Waals surface area contributed by atoms with Crippen molar-refractivity contribution in [3.05, 3.63) is 0 Å². The Labute approximate surface area is 95.0 Å². The van der Waals surface area contributed by atoms with E-state index in [1.54, 1.807) is 0 Å². The van der Waals surface area contributed by atoms with Gasteiger partial charge in [-0.1, -0.05) is 39.0 Å². The molecule has 3 atom stereocenters. The SMILES string of the molecule is CCC1CCCC(C(CC2CC2)NC)C1. The first-order valence-corrected chi connectivity index (χ1v) is 7.00. The first-order valence-electron chi connectivity index (χ1n) is 7.00. The molecule has 0 aliphatic heterocycles. The Bertz CT molecular complexity index is 186. The highest BCUT2D eigenvalue weighted by molar-refractivity contribution is 4.86. The van der Waals surface area contributed by atoms with Crippen LogP contribution in [-0.2, 0) is 0 Å². The van der Waals surface area contributed by atoms with Gasteiger partial charge in [-0.05, 0) is 44.1 Å². The summed E-state index contributed by atoms with van der Waals surface area (Å²) >= 11 is 0. The summed E-state index contributed by atoms with van der Waals surface area (Å²) in [5, 5.41) is 3.59. The molecule has 0 aromatic carbocycles. The van der Waals surface area contributed by atoms with Crippen LogP contribution in [0, 0.1) is 17.8 Å². The molecule has 0 saturated heterocycles. The highest BCUT2D eigenvalue weighted by Gasteiger charge is 2.31. The van der Waals surface area contributed by atoms with Gasteiger partial charge in [0, 0.05) is 6.04 Å². The lowest BCUT2D eigenvalue weighted by atomic mass is 9.76. The van der Waals surface area contributed by atoms with Crippen molar-refractivity contribution in [2.75, 3.05) is 7.05 Å². The Kier molecular flexibility index (Phi) is 4.07. The Morgan fingerprint density at radius 1 is 1.13 bits per heavy atom. The Morgan fingerprint density at radius 2 is 1.93 bits per heavy atom. The van der Waals surface area contributed by atoms with E-state index >= 15 is 0 Å². The first-order chi connectivity index (χ1) is 7.33. The van der Waals surface area contributed by atoms with Gasteiger partial charge >= 0.3 is 0 Å². The molecule has 0 heterocycles. The molecule has 0 aromatic heterocycles. The molecule has 2 aliphatic rings. The smallest absolute Gasteiger partial charge is 0.00950 e. The molecule has 15 heavy (non-hydrogen) atoms. The molecule has 3 unspecified atom stereocenters. The third-order valence-electron chi connectivity index (χ3n) is 4.62. The standard InChI is InChI=1S/C14H27N/c1-3-11-5-4-6-13(9-11)14(15-2)10-12-7-8-12/h11-15H,3-10H2,1-2H3. The summed E-state index contributed by atoms with van der Waals surface area (Å²) in [6.45, 7) is 2.36. The summed E-state index contributed by atoms with van der Waals surface area (Å²) in [6.07, 6.45) is 11.8. The van der Waals surface area contributed by atoms with E-state index in [2.05, 4.69) is 19.3 Å². The monoisotopic (exact) mass is 209 g/mol. The van der Waals surface area contributed by atoms with E-state index in [0.717, 1.165) is 23.8 Å². The largest absolute Gasteiger partial charge is 0.317 e. The van der Waals surface area contributed by atoms with E-state index < -0.39 is 0 Å². The van der Waals surface area contributed by atoms with Gasteiger partial charge < -0.3 is 5.32 Å². The molecule has 2 saturated carbocycles. The molecule has 0 bridgehead atoms. The highest BCUT2D eigenvalue weighted by Crippen LogP contribution is 2.39. The zero-order valence-corrected chi connectivity index (χ0v) is 10.5. The molecule has 1 nitrogen and oxygen atoms in total. The van der Waals surface area contributed by atoms with E-state index in [0.29, 0.717) is 0 Å². The van der Waals surface area contributed by atoms with Crippen LogP contribution in [0.3, 0.4) is 0 Å². The maximum Gasteiger partial charge on any atom is 0.00950 e. The maximum atomic E-state index is 3.59. The van der Waals surface area contributed by atoms with Gasteiger partial charge in [-0.2, -0.15) is 0 Å². The lowest BCUT2D eigenvalue weighted by Gasteiger charge is -2.34. The van der Waals surface area contributed by atoms with E-state index in [-0.39, 0.29) is 0 Å². The second-order valence-corrected chi connectivity index (χ2v) is 5.78. The number of rotatable bonds is 5. The van der Waals surface area contributed by atoms with Crippen LogP contribution < -0.4 is 5.32 Å². The van der Waals surface area contributed by atoms with Crippen LogP contribution >= 0.6 is 0 Å². The van der Waals surface area contributed by atoms with Crippen LogP contribution in [-0.4, -0.2) is 13.1 Å². The van der Waals surface area contributed by atoms with Crippen molar-refractivity contribution < 1.29 is 0 Å². The van der Waals surface area contributed by atoms with Gasteiger partial charge in [-0.25, -0.2) is 0 Å². The van der Waals surface area contributed by atoms with Crippen molar-refractivity contribution in [2.45, 2.75) is 64.3 Å². The summed E-state index contributed by atoms with van der Waals surface area (Å²) in [5.74, 6) is 3.08. The minimum atomic E-state index is 0.826. The van der Waals surface area contributed by atoms with E-state index in [1.807, 2.05) is 0 Å². The third-order valence-corrected chi connectivity index (χ3v) is 4.62. The molecule has 1 heteroatoms. The molecule has 2 fully saturated rings. The van der Waals surface area contributed by atoms with E-state index in [1.165, 1.54) is 51.4 Å². The molecule has 1 N–H and O–H groups in total. The molecule has 0 aromatic rings. The van der Waals surface area contributed by atoms with Crippen LogP contribution in [0.25, 0.3) is 0 Å². The summed E-state index contributed by atoms with van der Waals surface area (Å²) in [5.41, 5.74) is 0. The minimum absolute atomic E-state index is 0.826. The average molecular weight is 209 g/mol. The predicted octanol–water partition coefficient (Wildman–Crippen LogP) is 3.59. The van der Waals surface area contributed by atoms with Crippen LogP contribution in [0.1, 0.15) is 58.3 Å². The molecular weight excluding hydrogens is 182 g/mol. The van der Waals surface area contributed by atoms with Gasteiger partial charge in [0.15, 0.2) is 0 Å². The number of nitrogens with one attached hydrogen (secondary N) is 1. The van der Waals surface area contributed by atoms with Crippen LogP contribution in [0.4, 0.5) is 0 Å². The van der Waals surface area contributed by atoms with Crippen LogP contribution in [0.5, 0.6) is 0 Å². The van der Waals surface area contributed by atoms with Gasteiger partial charge in [0.05, 0.1) is 0 Å².